The maximum absolute atomic E-state index is 5.95. The van der Waals surface area contributed by atoms with Crippen molar-refractivity contribution in [1.29, 1.82) is 0 Å². The number of nitrogens with zero attached hydrogens (tertiary/aromatic N) is 2. The normalized spacial score (nSPS) is 23.9. The summed E-state index contributed by atoms with van der Waals surface area (Å²) in [4.78, 5) is 4.54. The van der Waals surface area contributed by atoms with Crippen molar-refractivity contribution in [2.75, 3.05) is 6.61 Å². The minimum atomic E-state index is 0.288. The molecule has 0 amide bonds. The summed E-state index contributed by atoms with van der Waals surface area (Å²) >= 11 is 5.95. The molecule has 0 radical (unpaired) electrons. The Morgan fingerprint density at radius 1 is 1.50 bits per heavy atom. The van der Waals surface area contributed by atoms with Crippen LogP contribution in [0.3, 0.4) is 0 Å². The molecule has 3 heterocycles. The van der Waals surface area contributed by atoms with Crippen LogP contribution in [0.4, 0.5) is 0 Å². The van der Waals surface area contributed by atoms with E-state index in [-0.39, 0.29) is 6.10 Å². The molecule has 18 heavy (non-hydrogen) atoms. The zero-order chi connectivity index (χ0) is 12.5. The molecule has 0 aromatic carbocycles. The van der Waals surface area contributed by atoms with Crippen molar-refractivity contribution < 1.29 is 4.74 Å². The van der Waals surface area contributed by atoms with Gasteiger partial charge in [-0.2, -0.15) is 0 Å². The predicted octanol–water partition coefficient (Wildman–Crippen LogP) is 2.25. The molecule has 1 N–H and O–H groups in total. The van der Waals surface area contributed by atoms with Crippen LogP contribution in [0.5, 0.6) is 0 Å². The Morgan fingerprint density at radius 2 is 2.39 bits per heavy atom. The number of imidazole rings is 1. The first-order valence-corrected chi connectivity index (χ1v) is 6.58. The maximum Gasteiger partial charge on any atom is 0.137 e. The van der Waals surface area contributed by atoms with Crippen LogP contribution in [0.15, 0.2) is 24.5 Å². The molecule has 2 aromatic rings. The molecule has 2 aromatic heterocycles. The molecule has 3 rings (SSSR count). The van der Waals surface area contributed by atoms with Crippen molar-refractivity contribution >= 4 is 17.2 Å². The summed E-state index contributed by atoms with van der Waals surface area (Å²) in [5, 5.41) is 4.21. The van der Waals surface area contributed by atoms with E-state index < -0.39 is 0 Å². The molecular weight excluding hydrogens is 250 g/mol. The van der Waals surface area contributed by atoms with Crippen LogP contribution in [-0.4, -0.2) is 28.1 Å². The Bertz CT molecular complexity index is 554. The van der Waals surface area contributed by atoms with E-state index in [2.05, 4.69) is 17.2 Å². The van der Waals surface area contributed by atoms with Crippen molar-refractivity contribution in [1.82, 2.24) is 14.7 Å². The minimum Gasteiger partial charge on any atom is -0.377 e. The summed E-state index contributed by atoms with van der Waals surface area (Å²) in [5.41, 5.74) is 1.95. The Hall–Kier alpha value is -1.10. The highest BCUT2D eigenvalue weighted by Crippen LogP contribution is 2.14. The van der Waals surface area contributed by atoms with Gasteiger partial charge in [-0.3, -0.25) is 0 Å². The third-order valence-electron chi connectivity index (χ3n) is 3.39. The lowest BCUT2D eigenvalue weighted by Gasteiger charge is -2.14. The van der Waals surface area contributed by atoms with Crippen molar-refractivity contribution in [3.63, 3.8) is 0 Å². The van der Waals surface area contributed by atoms with Gasteiger partial charge in [-0.05, 0) is 25.5 Å². The van der Waals surface area contributed by atoms with Crippen LogP contribution in [0.25, 0.3) is 5.65 Å². The monoisotopic (exact) mass is 265 g/mol. The number of hydrogen-bond donors (Lipinski definition) is 1. The quantitative estimate of drug-likeness (QED) is 0.925. The third kappa shape index (κ3) is 2.36. The number of fused-ring (bicyclic) bond motifs is 1. The van der Waals surface area contributed by atoms with Gasteiger partial charge in [0.1, 0.15) is 5.65 Å². The second-order valence-electron chi connectivity index (χ2n) is 4.70. The lowest BCUT2D eigenvalue weighted by Crippen LogP contribution is -2.34. The van der Waals surface area contributed by atoms with Gasteiger partial charge in [0, 0.05) is 31.6 Å². The van der Waals surface area contributed by atoms with E-state index in [4.69, 9.17) is 16.3 Å². The zero-order valence-electron chi connectivity index (χ0n) is 10.3. The molecule has 96 valence electrons. The predicted molar refractivity (Wildman–Crippen MR) is 70.9 cm³/mol. The summed E-state index contributed by atoms with van der Waals surface area (Å²) in [6.07, 6.45) is 5.24. The average molecular weight is 266 g/mol. The van der Waals surface area contributed by atoms with Crippen molar-refractivity contribution in [2.24, 2.45) is 0 Å². The first-order valence-electron chi connectivity index (χ1n) is 6.20. The molecule has 5 heteroatoms. The fraction of sp³-hybridized carbons (Fsp3) is 0.462. The van der Waals surface area contributed by atoms with Crippen LogP contribution in [0.2, 0.25) is 5.02 Å². The zero-order valence-corrected chi connectivity index (χ0v) is 11.0. The Balaban J connectivity index is 1.71. The summed E-state index contributed by atoms with van der Waals surface area (Å²) in [7, 11) is 0. The minimum absolute atomic E-state index is 0.288. The van der Waals surface area contributed by atoms with Crippen molar-refractivity contribution in [2.45, 2.75) is 32.0 Å². The average Bonchev–Trinajstić information content (AvgIpc) is 2.92. The van der Waals surface area contributed by atoms with E-state index in [1.165, 1.54) is 0 Å². The standard InChI is InChI=1S/C13H16ClN3O/c1-9-12(4-5-18-9)15-6-11-8-17-7-10(14)2-3-13(17)16-11/h2-3,7-9,12,15H,4-6H2,1H3. The van der Waals surface area contributed by atoms with Crippen molar-refractivity contribution in [3.05, 3.63) is 35.2 Å². The highest BCUT2D eigenvalue weighted by Gasteiger charge is 2.23. The fourth-order valence-corrected chi connectivity index (χ4v) is 2.51. The number of halogens is 1. The smallest absolute Gasteiger partial charge is 0.137 e. The molecule has 2 atom stereocenters. The topological polar surface area (TPSA) is 38.6 Å². The largest absolute Gasteiger partial charge is 0.377 e. The van der Waals surface area contributed by atoms with Crippen molar-refractivity contribution in [3.8, 4) is 0 Å². The number of hydrogen-bond acceptors (Lipinski definition) is 3. The van der Waals surface area contributed by atoms with Crippen LogP contribution in [0.1, 0.15) is 19.0 Å². The van der Waals surface area contributed by atoms with Crippen LogP contribution >= 0.6 is 11.6 Å². The van der Waals surface area contributed by atoms with Crippen LogP contribution < -0.4 is 5.32 Å². The molecule has 4 nitrogen and oxygen atoms in total. The number of pyridine rings is 1. The second-order valence-corrected chi connectivity index (χ2v) is 5.13. The lowest BCUT2D eigenvalue weighted by molar-refractivity contribution is 0.113. The van der Waals surface area contributed by atoms with E-state index >= 15 is 0 Å². The number of aromatic nitrogens is 2. The third-order valence-corrected chi connectivity index (χ3v) is 3.61. The van der Waals surface area contributed by atoms with Gasteiger partial charge in [0.25, 0.3) is 0 Å². The van der Waals surface area contributed by atoms with E-state index in [9.17, 15) is 0 Å². The molecule has 0 saturated carbocycles. The van der Waals surface area contributed by atoms with E-state index in [0.717, 1.165) is 35.9 Å². The Kier molecular flexibility index (Phi) is 3.24. The van der Waals surface area contributed by atoms with Gasteiger partial charge < -0.3 is 14.5 Å². The van der Waals surface area contributed by atoms with Crippen LogP contribution in [-0.2, 0) is 11.3 Å². The van der Waals surface area contributed by atoms with Crippen LogP contribution in [0, 0.1) is 0 Å². The van der Waals surface area contributed by atoms with Gasteiger partial charge in [-0.1, -0.05) is 11.6 Å². The maximum atomic E-state index is 5.95. The highest BCUT2D eigenvalue weighted by atomic mass is 35.5. The van der Waals surface area contributed by atoms with Gasteiger partial charge in [0.15, 0.2) is 0 Å². The Morgan fingerprint density at radius 3 is 3.17 bits per heavy atom. The second kappa shape index (κ2) is 4.88. The van der Waals surface area contributed by atoms with Gasteiger partial charge in [0.05, 0.1) is 16.8 Å². The van der Waals surface area contributed by atoms with E-state index in [0.29, 0.717) is 6.04 Å². The fourth-order valence-electron chi connectivity index (χ4n) is 2.34. The van der Waals surface area contributed by atoms with Gasteiger partial charge in [0.2, 0.25) is 0 Å². The van der Waals surface area contributed by atoms with E-state index in [1.54, 1.807) is 0 Å². The lowest BCUT2D eigenvalue weighted by atomic mass is 10.1. The molecule has 1 aliphatic rings. The van der Waals surface area contributed by atoms with Gasteiger partial charge in [-0.25, -0.2) is 4.98 Å². The number of nitrogens with one attached hydrogen (secondary N) is 1. The number of ether oxygens (including phenoxy) is 1. The molecule has 1 saturated heterocycles. The Labute approximate surface area is 111 Å². The first-order chi connectivity index (χ1) is 8.72. The SMILES string of the molecule is CC1OCCC1NCc1cn2cc(Cl)ccc2n1. The molecule has 1 fully saturated rings. The molecular formula is C13H16ClN3O. The summed E-state index contributed by atoms with van der Waals surface area (Å²) in [5.74, 6) is 0. The molecule has 0 aliphatic carbocycles. The highest BCUT2D eigenvalue weighted by molar-refractivity contribution is 6.30. The molecule has 1 aliphatic heterocycles. The first kappa shape index (κ1) is 12.0. The number of rotatable bonds is 3. The summed E-state index contributed by atoms with van der Waals surface area (Å²) in [6, 6.07) is 4.21. The molecule has 0 spiro atoms. The van der Waals surface area contributed by atoms with Gasteiger partial charge >= 0.3 is 0 Å². The van der Waals surface area contributed by atoms with Gasteiger partial charge in [-0.15, -0.1) is 0 Å². The summed E-state index contributed by atoms with van der Waals surface area (Å²) < 4.78 is 7.48. The van der Waals surface area contributed by atoms with E-state index in [1.807, 2.05) is 28.9 Å². The molecule has 0 bridgehead atoms. The molecule has 2 unspecified atom stereocenters. The summed E-state index contributed by atoms with van der Waals surface area (Å²) in [6.45, 7) is 3.71.